The van der Waals surface area contributed by atoms with E-state index in [1.165, 1.54) is 6.08 Å². The van der Waals surface area contributed by atoms with Crippen molar-refractivity contribution in [1.29, 1.82) is 0 Å². The molecule has 0 radical (unpaired) electrons. The van der Waals surface area contributed by atoms with Crippen molar-refractivity contribution in [2.75, 3.05) is 37.7 Å². The fourth-order valence-electron chi connectivity index (χ4n) is 2.39. The van der Waals surface area contributed by atoms with Crippen LogP contribution in [0.4, 0.5) is 5.69 Å². The van der Waals surface area contributed by atoms with Gasteiger partial charge in [0.25, 0.3) is 5.91 Å². The summed E-state index contributed by atoms with van der Waals surface area (Å²) < 4.78 is 4.96. The second-order valence-corrected chi connectivity index (χ2v) is 6.11. The third-order valence-corrected chi connectivity index (χ3v) is 3.79. The number of hydrogen-bond acceptors (Lipinski definition) is 4. The Bertz CT molecular complexity index is 604. The summed E-state index contributed by atoms with van der Waals surface area (Å²) in [6.45, 7) is 6.06. The maximum absolute atomic E-state index is 12.1. The number of nitrogens with zero attached hydrogens (tertiary/aromatic N) is 2. The van der Waals surface area contributed by atoms with E-state index in [9.17, 15) is 9.59 Å². The van der Waals surface area contributed by atoms with Crippen LogP contribution < -0.4 is 4.90 Å². The summed E-state index contributed by atoms with van der Waals surface area (Å²) in [5, 5.41) is 0.701. The van der Waals surface area contributed by atoms with Gasteiger partial charge in [-0.3, -0.25) is 4.79 Å². The minimum absolute atomic E-state index is 0.161. The highest BCUT2D eigenvalue weighted by Crippen LogP contribution is 2.20. The van der Waals surface area contributed by atoms with Gasteiger partial charge in [-0.2, -0.15) is 0 Å². The van der Waals surface area contributed by atoms with Crippen molar-refractivity contribution in [2.45, 2.75) is 13.8 Å². The van der Waals surface area contributed by atoms with E-state index in [-0.39, 0.29) is 12.5 Å². The zero-order valence-corrected chi connectivity index (χ0v) is 14.2. The molecule has 124 valence electrons. The zero-order valence-electron chi connectivity index (χ0n) is 13.4. The Kier molecular flexibility index (Phi) is 6.04. The normalized spacial score (nSPS) is 14.4. The molecule has 1 saturated heterocycles. The number of carbonyl (C=O) groups is 2. The number of carbonyl (C=O) groups excluding carboxylic acids is 2. The highest BCUT2D eigenvalue weighted by atomic mass is 35.5. The Morgan fingerprint density at radius 2 is 1.91 bits per heavy atom. The molecule has 0 spiro atoms. The van der Waals surface area contributed by atoms with Gasteiger partial charge in [-0.1, -0.05) is 23.2 Å². The van der Waals surface area contributed by atoms with E-state index in [4.69, 9.17) is 16.3 Å². The van der Waals surface area contributed by atoms with Gasteiger partial charge in [0.15, 0.2) is 6.61 Å². The van der Waals surface area contributed by atoms with E-state index in [0.29, 0.717) is 18.1 Å². The van der Waals surface area contributed by atoms with Crippen molar-refractivity contribution in [3.63, 3.8) is 0 Å². The van der Waals surface area contributed by atoms with Gasteiger partial charge >= 0.3 is 5.97 Å². The van der Waals surface area contributed by atoms with Crippen LogP contribution in [0.2, 0.25) is 5.02 Å². The highest BCUT2D eigenvalue weighted by Gasteiger charge is 2.22. The molecular weight excluding hydrogens is 316 g/mol. The zero-order chi connectivity index (χ0) is 16.8. The lowest BCUT2D eigenvalue weighted by molar-refractivity contribution is -0.148. The number of anilines is 1. The number of hydrogen-bond donors (Lipinski definition) is 0. The van der Waals surface area contributed by atoms with Crippen molar-refractivity contribution >= 4 is 29.2 Å². The second kappa shape index (κ2) is 8.02. The molecule has 1 fully saturated rings. The molecule has 5 nitrogen and oxygen atoms in total. The first-order valence-corrected chi connectivity index (χ1v) is 7.93. The Hall–Kier alpha value is -2.01. The van der Waals surface area contributed by atoms with Crippen molar-refractivity contribution in [1.82, 2.24) is 4.90 Å². The molecule has 1 aliphatic rings. The maximum Gasteiger partial charge on any atom is 0.331 e. The smallest absolute Gasteiger partial charge is 0.331 e. The summed E-state index contributed by atoms with van der Waals surface area (Å²) in [5.41, 5.74) is 1.90. The first kappa shape index (κ1) is 17.3. The van der Waals surface area contributed by atoms with E-state index in [2.05, 4.69) is 4.90 Å². The van der Waals surface area contributed by atoms with Crippen LogP contribution in [0.5, 0.6) is 0 Å². The molecule has 0 bridgehead atoms. The van der Waals surface area contributed by atoms with Gasteiger partial charge in [0.2, 0.25) is 0 Å². The molecule has 23 heavy (non-hydrogen) atoms. The minimum Gasteiger partial charge on any atom is -0.452 e. The first-order valence-electron chi connectivity index (χ1n) is 7.55. The number of ether oxygens (including phenoxy) is 1. The number of benzene rings is 1. The third kappa shape index (κ3) is 5.28. The van der Waals surface area contributed by atoms with Gasteiger partial charge < -0.3 is 14.5 Å². The summed E-state index contributed by atoms with van der Waals surface area (Å²) in [4.78, 5) is 27.4. The molecule has 0 aromatic heterocycles. The third-order valence-electron chi connectivity index (χ3n) is 3.55. The van der Waals surface area contributed by atoms with Crippen LogP contribution in [0, 0.1) is 0 Å². The molecular formula is C17H21ClN2O3. The van der Waals surface area contributed by atoms with Gasteiger partial charge in [-0.05, 0) is 32.0 Å². The van der Waals surface area contributed by atoms with E-state index in [1.54, 1.807) is 18.7 Å². The van der Waals surface area contributed by atoms with Crippen molar-refractivity contribution in [2.24, 2.45) is 0 Å². The topological polar surface area (TPSA) is 49.9 Å². The molecule has 0 N–H and O–H groups in total. The van der Waals surface area contributed by atoms with E-state index < -0.39 is 5.97 Å². The van der Waals surface area contributed by atoms with Crippen molar-refractivity contribution < 1.29 is 14.3 Å². The average Bonchev–Trinajstić information content (AvgIpc) is 2.52. The van der Waals surface area contributed by atoms with E-state index in [1.807, 2.05) is 24.3 Å². The van der Waals surface area contributed by atoms with E-state index in [0.717, 1.165) is 24.4 Å². The fraction of sp³-hybridized carbons (Fsp3) is 0.412. The predicted octanol–water partition coefficient (Wildman–Crippen LogP) is 2.50. The molecule has 0 unspecified atom stereocenters. The molecule has 1 amide bonds. The summed E-state index contributed by atoms with van der Waals surface area (Å²) >= 11 is 6.01. The van der Waals surface area contributed by atoms with E-state index >= 15 is 0 Å². The summed E-state index contributed by atoms with van der Waals surface area (Å²) in [6.07, 6.45) is 1.38. The second-order valence-electron chi connectivity index (χ2n) is 5.68. The largest absolute Gasteiger partial charge is 0.452 e. The monoisotopic (exact) mass is 336 g/mol. The minimum atomic E-state index is -0.476. The number of piperazine rings is 1. The number of allylic oxidation sites excluding steroid dienone is 1. The van der Waals surface area contributed by atoms with Crippen LogP contribution in [0.3, 0.4) is 0 Å². The number of halogens is 1. The Labute approximate surface area is 141 Å². The SMILES string of the molecule is CC(C)=CC(=O)OCC(=O)N1CCN(c2cccc(Cl)c2)CC1. The molecule has 0 aliphatic carbocycles. The molecule has 2 rings (SSSR count). The standard InChI is InChI=1S/C17H21ClN2O3/c1-13(2)10-17(22)23-12-16(21)20-8-6-19(7-9-20)15-5-3-4-14(18)11-15/h3-5,10-11H,6-9,12H2,1-2H3. The number of rotatable bonds is 4. The lowest BCUT2D eigenvalue weighted by Crippen LogP contribution is -2.49. The van der Waals surface area contributed by atoms with Crippen LogP contribution >= 0.6 is 11.6 Å². The maximum atomic E-state index is 12.1. The lowest BCUT2D eigenvalue weighted by Gasteiger charge is -2.36. The lowest BCUT2D eigenvalue weighted by atomic mass is 10.2. The van der Waals surface area contributed by atoms with Crippen molar-refractivity contribution in [3.05, 3.63) is 40.9 Å². The fourth-order valence-corrected chi connectivity index (χ4v) is 2.57. The van der Waals surface area contributed by atoms with Gasteiger partial charge in [-0.15, -0.1) is 0 Å². The Morgan fingerprint density at radius 3 is 2.52 bits per heavy atom. The Balaban J connectivity index is 1.81. The van der Waals surface area contributed by atoms with Crippen LogP contribution in [0.1, 0.15) is 13.8 Å². The highest BCUT2D eigenvalue weighted by molar-refractivity contribution is 6.30. The van der Waals surface area contributed by atoms with Crippen LogP contribution in [-0.2, 0) is 14.3 Å². The summed E-state index contributed by atoms with van der Waals surface area (Å²) in [5.74, 6) is -0.637. The molecule has 1 heterocycles. The molecule has 0 saturated carbocycles. The first-order chi connectivity index (χ1) is 11.0. The molecule has 0 atom stereocenters. The van der Waals surface area contributed by atoms with Crippen LogP contribution in [-0.4, -0.2) is 49.6 Å². The molecule has 1 aliphatic heterocycles. The summed E-state index contributed by atoms with van der Waals surface area (Å²) in [7, 11) is 0. The van der Waals surface area contributed by atoms with Gasteiger partial charge in [0.05, 0.1) is 0 Å². The van der Waals surface area contributed by atoms with Crippen molar-refractivity contribution in [3.8, 4) is 0 Å². The summed E-state index contributed by atoms with van der Waals surface area (Å²) in [6, 6.07) is 7.67. The predicted molar refractivity (Wildman–Crippen MR) is 90.6 cm³/mol. The molecule has 1 aromatic rings. The van der Waals surface area contributed by atoms with Crippen LogP contribution in [0.25, 0.3) is 0 Å². The van der Waals surface area contributed by atoms with Gasteiger partial charge in [-0.25, -0.2) is 4.79 Å². The molecule has 1 aromatic carbocycles. The molecule has 6 heteroatoms. The Morgan fingerprint density at radius 1 is 1.22 bits per heavy atom. The number of amides is 1. The van der Waals surface area contributed by atoms with Gasteiger partial charge in [0, 0.05) is 43.0 Å². The van der Waals surface area contributed by atoms with Crippen LogP contribution in [0.15, 0.2) is 35.9 Å². The number of esters is 1. The van der Waals surface area contributed by atoms with Gasteiger partial charge in [0.1, 0.15) is 0 Å². The quantitative estimate of drug-likeness (QED) is 0.626. The average molecular weight is 337 g/mol.